The van der Waals surface area contributed by atoms with Crippen LogP contribution in [-0.2, 0) is 20.7 Å². The Balaban J connectivity index is 1.75. The van der Waals surface area contributed by atoms with Crippen LogP contribution in [0.4, 0.5) is 5.69 Å². The second-order valence-electron chi connectivity index (χ2n) is 6.36. The molecule has 3 rings (SSSR count). The van der Waals surface area contributed by atoms with Gasteiger partial charge in [-0.05, 0) is 36.4 Å². The molecule has 29 heavy (non-hydrogen) atoms. The zero-order valence-electron chi connectivity index (χ0n) is 16.0. The van der Waals surface area contributed by atoms with Crippen LogP contribution in [0.5, 0.6) is 0 Å². The number of carbonyl (C=O) groups is 3. The summed E-state index contributed by atoms with van der Waals surface area (Å²) in [6.45, 7) is 1.40. The Bertz CT molecular complexity index is 1050. The summed E-state index contributed by atoms with van der Waals surface area (Å²) in [6.07, 6.45) is 1.72. The zero-order chi connectivity index (χ0) is 20.8. The lowest BCUT2D eigenvalue weighted by Crippen LogP contribution is -2.43. The Labute approximate surface area is 167 Å². The Morgan fingerprint density at radius 1 is 1.03 bits per heavy atom. The SMILES string of the molecule is COC(=O)[C@H](Cc1cnc2ccccc2n1)NC(=O)c1ccc(NC(C)=O)cc1. The normalized spacial score (nSPS) is 11.5. The number of methoxy groups -OCH3 is 1. The van der Waals surface area contributed by atoms with Crippen molar-refractivity contribution in [3.63, 3.8) is 0 Å². The fraction of sp³-hybridized carbons (Fsp3) is 0.190. The van der Waals surface area contributed by atoms with Crippen LogP contribution >= 0.6 is 0 Å². The summed E-state index contributed by atoms with van der Waals surface area (Å²) in [6, 6.07) is 12.8. The number of nitrogens with zero attached hydrogens (tertiary/aromatic N) is 2. The first-order valence-electron chi connectivity index (χ1n) is 8.93. The molecular weight excluding hydrogens is 372 g/mol. The van der Waals surface area contributed by atoms with Gasteiger partial charge in [-0.15, -0.1) is 0 Å². The van der Waals surface area contributed by atoms with Gasteiger partial charge in [-0.1, -0.05) is 12.1 Å². The van der Waals surface area contributed by atoms with E-state index in [1.807, 2.05) is 24.3 Å². The van der Waals surface area contributed by atoms with Gasteiger partial charge in [-0.25, -0.2) is 9.78 Å². The van der Waals surface area contributed by atoms with Gasteiger partial charge in [0, 0.05) is 30.8 Å². The number of carbonyl (C=O) groups excluding carboxylic acids is 3. The number of ether oxygens (including phenoxy) is 1. The fourth-order valence-electron chi connectivity index (χ4n) is 2.79. The number of aromatic nitrogens is 2. The second-order valence-corrected chi connectivity index (χ2v) is 6.36. The Hall–Kier alpha value is -3.81. The molecule has 2 N–H and O–H groups in total. The molecule has 0 radical (unpaired) electrons. The third-order valence-electron chi connectivity index (χ3n) is 4.17. The summed E-state index contributed by atoms with van der Waals surface area (Å²) in [5.74, 6) is -1.23. The Kier molecular flexibility index (Phi) is 6.13. The minimum absolute atomic E-state index is 0.139. The number of esters is 1. The summed E-state index contributed by atoms with van der Waals surface area (Å²) in [5.41, 5.74) is 2.92. The minimum atomic E-state index is -0.919. The molecule has 1 heterocycles. The van der Waals surface area contributed by atoms with Gasteiger partial charge in [-0.2, -0.15) is 0 Å². The predicted octanol–water partition coefficient (Wildman–Crippen LogP) is 2.10. The quantitative estimate of drug-likeness (QED) is 0.622. The van der Waals surface area contributed by atoms with E-state index >= 15 is 0 Å². The van der Waals surface area contributed by atoms with Gasteiger partial charge in [0.2, 0.25) is 5.91 Å². The van der Waals surface area contributed by atoms with Gasteiger partial charge in [0.15, 0.2) is 0 Å². The van der Waals surface area contributed by atoms with Crippen LogP contribution in [-0.4, -0.2) is 40.9 Å². The highest BCUT2D eigenvalue weighted by Gasteiger charge is 2.23. The molecule has 0 saturated carbocycles. The molecule has 0 spiro atoms. The smallest absolute Gasteiger partial charge is 0.328 e. The maximum absolute atomic E-state index is 12.6. The number of hydrogen-bond donors (Lipinski definition) is 2. The predicted molar refractivity (Wildman–Crippen MR) is 107 cm³/mol. The van der Waals surface area contributed by atoms with Crippen LogP contribution in [0.15, 0.2) is 54.7 Å². The van der Waals surface area contributed by atoms with Crippen molar-refractivity contribution in [3.05, 3.63) is 66.0 Å². The number of fused-ring (bicyclic) bond motifs is 1. The molecular formula is C21H20N4O4. The van der Waals surface area contributed by atoms with Crippen molar-refractivity contribution < 1.29 is 19.1 Å². The third kappa shape index (κ3) is 5.13. The van der Waals surface area contributed by atoms with Crippen molar-refractivity contribution >= 4 is 34.5 Å². The first-order valence-corrected chi connectivity index (χ1v) is 8.93. The maximum Gasteiger partial charge on any atom is 0.328 e. The Morgan fingerprint density at radius 2 is 1.72 bits per heavy atom. The van der Waals surface area contributed by atoms with E-state index in [1.165, 1.54) is 14.0 Å². The average molecular weight is 392 g/mol. The van der Waals surface area contributed by atoms with Crippen molar-refractivity contribution in [1.82, 2.24) is 15.3 Å². The average Bonchev–Trinajstić information content (AvgIpc) is 2.72. The second kappa shape index (κ2) is 8.92. The summed E-state index contributed by atoms with van der Waals surface area (Å²) >= 11 is 0. The topological polar surface area (TPSA) is 110 Å². The number of hydrogen-bond acceptors (Lipinski definition) is 6. The van der Waals surface area contributed by atoms with E-state index in [9.17, 15) is 14.4 Å². The lowest BCUT2D eigenvalue weighted by Gasteiger charge is -2.16. The van der Waals surface area contributed by atoms with E-state index in [4.69, 9.17) is 4.74 Å². The number of anilines is 1. The molecule has 0 fully saturated rings. The lowest BCUT2D eigenvalue weighted by atomic mass is 10.1. The number of amides is 2. The van der Waals surface area contributed by atoms with Gasteiger partial charge in [0.1, 0.15) is 6.04 Å². The molecule has 1 aromatic heterocycles. The molecule has 0 bridgehead atoms. The standard InChI is InChI=1S/C21H20N4O4/c1-13(26)23-15-9-7-14(8-10-15)20(27)25-19(21(28)29-2)11-16-12-22-17-5-3-4-6-18(17)24-16/h3-10,12,19H,11H2,1-2H3,(H,23,26)(H,25,27)/t19-/m0/s1. The molecule has 3 aromatic rings. The fourth-order valence-corrected chi connectivity index (χ4v) is 2.79. The first kappa shape index (κ1) is 19.9. The van der Waals surface area contributed by atoms with Crippen LogP contribution in [0.2, 0.25) is 0 Å². The highest BCUT2D eigenvalue weighted by molar-refractivity contribution is 5.97. The van der Waals surface area contributed by atoms with E-state index in [1.54, 1.807) is 30.5 Å². The van der Waals surface area contributed by atoms with Crippen molar-refractivity contribution in [1.29, 1.82) is 0 Å². The number of para-hydroxylation sites is 2. The maximum atomic E-state index is 12.6. The van der Waals surface area contributed by atoms with Crippen molar-refractivity contribution in [2.24, 2.45) is 0 Å². The highest BCUT2D eigenvalue weighted by atomic mass is 16.5. The highest BCUT2D eigenvalue weighted by Crippen LogP contribution is 2.12. The van der Waals surface area contributed by atoms with Crippen molar-refractivity contribution in [2.75, 3.05) is 12.4 Å². The number of benzene rings is 2. The van der Waals surface area contributed by atoms with E-state index in [-0.39, 0.29) is 12.3 Å². The van der Waals surface area contributed by atoms with Crippen LogP contribution in [0, 0.1) is 0 Å². The van der Waals surface area contributed by atoms with Crippen molar-refractivity contribution in [2.45, 2.75) is 19.4 Å². The third-order valence-corrected chi connectivity index (χ3v) is 4.17. The van der Waals surface area contributed by atoms with E-state index in [0.29, 0.717) is 22.5 Å². The van der Waals surface area contributed by atoms with Crippen molar-refractivity contribution in [3.8, 4) is 0 Å². The van der Waals surface area contributed by atoms with Gasteiger partial charge < -0.3 is 15.4 Å². The molecule has 1 atom stereocenters. The van der Waals surface area contributed by atoms with Crippen LogP contribution < -0.4 is 10.6 Å². The molecule has 8 heteroatoms. The molecule has 0 saturated heterocycles. The minimum Gasteiger partial charge on any atom is -0.467 e. The van der Waals surface area contributed by atoms with Crippen LogP contribution in [0.25, 0.3) is 11.0 Å². The van der Waals surface area contributed by atoms with E-state index < -0.39 is 17.9 Å². The summed E-state index contributed by atoms with van der Waals surface area (Å²) in [4.78, 5) is 44.7. The summed E-state index contributed by atoms with van der Waals surface area (Å²) in [5, 5.41) is 5.30. The molecule has 0 aliphatic heterocycles. The molecule has 2 amide bonds. The lowest BCUT2D eigenvalue weighted by molar-refractivity contribution is -0.142. The van der Waals surface area contributed by atoms with Crippen LogP contribution in [0.3, 0.4) is 0 Å². The summed E-state index contributed by atoms with van der Waals surface area (Å²) in [7, 11) is 1.26. The Morgan fingerprint density at radius 3 is 2.38 bits per heavy atom. The largest absolute Gasteiger partial charge is 0.467 e. The van der Waals surface area contributed by atoms with Gasteiger partial charge in [0.25, 0.3) is 5.91 Å². The van der Waals surface area contributed by atoms with E-state index in [0.717, 1.165) is 5.52 Å². The number of nitrogens with one attached hydrogen (secondary N) is 2. The number of rotatable bonds is 6. The van der Waals surface area contributed by atoms with E-state index in [2.05, 4.69) is 20.6 Å². The molecule has 8 nitrogen and oxygen atoms in total. The zero-order valence-corrected chi connectivity index (χ0v) is 16.0. The molecule has 2 aromatic carbocycles. The molecule has 0 unspecified atom stereocenters. The van der Waals surface area contributed by atoms with Gasteiger partial charge in [0.05, 0.1) is 23.8 Å². The monoisotopic (exact) mass is 392 g/mol. The summed E-state index contributed by atoms with van der Waals surface area (Å²) < 4.78 is 4.82. The van der Waals surface area contributed by atoms with Gasteiger partial charge in [-0.3, -0.25) is 14.6 Å². The molecule has 148 valence electrons. The first-order chi connectivity index (χ1) is 14.0. The molecule has 0 aliphatic rings. The molecule has 0 aliphatic carbocycles. The van der Waals surface area contributed by atoms with Crippen LogP contribution in [0.1, 0.15) is 23.0 Å². The van der Waals surface area contributed by atoms with Gasteiger partial charge >= 0.3 is 5.97 Å².